The Balaban J connectivity index is 1.71. The summed E-state index contributed by atoms with van der Waals surface area (Å²) in [4.78, 5) is 0.546. The molecule has 1 aromatic rings. The van der Waals surface area contributed by atoms with Crippen molar-refractivity contribution in [1.82, 2.24) is 0 Å². The predicted molar refractivity (Wildman–Crippen MR) is 95.9 cm³/mol. The van der Waals surface area contributed by atoms with Gasteiger partial charge in [-0.05, 0) is 98.3 Å². The highest BCUT2D eigenvalue weighted by Gasteiger charge is 2.54. The molecule has 2 heteroatoms. The van der Waals surface area contributed by atoms with E-state index in [1.165, 1.54) is 59.7 Å². The van der Waals surface area contributed by atoms with Crippen LogP contribution in [0.15, 0.2) is 16.6 Å². The first kappa shape index (κ1) is 14.8. The molecule has 1 unspecified atom stereocenters. The van der Waals surface area contributed by atoms with E-state index in [0.29, 0.717) is 10.2 Å². The molecule has 1 atom stereocenters. The van der Waals surface area contributed by atoms with Gasteiger partial charge in [0.25, 0.3) is 0 Å². The Morgan fingerprint density at radius 2 is 1.48 bits per heavy atom. The van der Waals surface area contributed by atoms with E-state index in [1.807, 2.05) is 0 Å². The first-order chi connectivity index (χ1) is 9.97. The van der Waals surface area contributed by atoms with Crippen LogP contribution >= 0.6 is 31.9 Å². The normalized spacial score (nSPS) is 38.8. The lowest BCUT2D eigenvalue weighted by Crippen LogP contribution is -2.47. The van der Waals surface area contributed by atoms with Gasteiger partial charge in [0.15, 0.2) is 0 Å². The minimum absolute atomic E-state index is 0.541. The van der Waals surface area contributed by atoms with Crippen molar-refractivity contribution >= 4 is 31.9 Å². The molecule has 114 valence electrons. The van der Waals surface area contributed by atoms with E-state index in [1.54, 1.807) is 0 Å². The molecule has 0 heterocycles. The van der Waals surface area contributed by atoms with E-state index in [2.05, 4.69) is 57.8 Å². The van der Waals surface area contributed by atoms with Crippen molar-refractivity contribution < 1.29 is 0 Å². The van der Waals surface area contributed by atoms with E-state index in [-0.39, 0.29) is 0 Å². The van der Waals surface area contributed by atoms with Gasteiger partial charge in [0.1, 0.15) is 0 Å². The summed E-state index contributed by atoms with van der Waals surface area (Å²) in [6.45, 7) is 4.49. The second kappa shape index (κ2) is 5.09. The second-order valence-corrected chi connectivity index (χ2v) is 9.87. The summed E-state index contributed by atoms with van der Waals surface area (Å²) < 4.78 is 1.24. The van der Waals surface area contributed by atoms with Gasteiger partial charge in [-0.25, -0.2) is 0 Å². The number of alkyl halides is 1. The molecule has 0 radical (unpaired) electrons. The van der Waals surface area contributed by atoms with Crippen LogP contribution in [-0.4, -0.2) is 0 Å². The zero-order chi connectivity index (χ0) is 14.8. The minimum Gasteiger partial charge on any atom is -0.0833 e. The fourth-order valence-electron chi connectivity index (χ4n) is 5.89. The zero-order valence-electron chi connectivity index (χ0n) is 13.0. The Kier molecular flexibility index (Phi) is 3.58. The number of aryl methyl sites for hydroxylation is 2. The maximum Gasteiger partial charge on any atom is 0.0454 e. The molecule has 0 saturated heterocycles. The van der Waals surface area contributed by atoms with E-state index in [0.717, 1.165) is 17.8 Å². The maximum absolute atomic E-state index is 4.17. The van der Waals surface area contributed by atoms with Gasteiger partial charge in [-0.1, -0.05) is 37.9 Å². The third kappa shape index (κ3) is 2.36. The van der Waals surface area contributed by atoms with Crippen LogP contribution in [0.5, 0.6) is 0 Å². The van der Waals surface area contributed by atoms with Crippen molar-refractivity contribution in [3.63, 3.8) is 0 Å². The molecule has 0 spiro atoms. The molecular formula is C19H24Br2. The molecule has 4 aliphatic rings. The van der Waals surface area contributed by atoms with E-state index in [9.17, 15) is 0 Å². The van der Waals surface area contributed by atoms with Gasteiger partial charge in [0.05, 0.1) is 0 Å². The average molecular weight is 412 g/mol. The van der Waals surface area contributed by atoms with Crippen LogP contribution in [0, 0.1) is 37.0 Å². The third-order valence-corrected chi connectivity index (χ3v) is 8.76. The summed E-state index contributed by atoms with van der Waals surface area (Å²) in [5.74, 6) is 3.06. The van der Waals surface area contributed by atoms with Crippen LogP contribution in [0.2, 0.25) is 0 Å². The van der Waals surface area contributed by atoms with E-state index < -0.39 is 0 Å². The van der Waals surface area contributed by atoms with Crippen LogP contribution in [0.1, 0.15) is 60.0 Å². The molecule has 4 aliphatic carbocycles. The Morgan fingerprint density at radius 1 is 0.952 bits per heavy atom. The number of benzene rings is 1. The first-order valence-electron chi connectivity index (χ1n) is 8.37. The lowest BCUT2D eigenvalue weighted by atomic mass is 9.48. The van der Waals surface area contributed by atoms with Gasteiger partial charge in [-0.15, -0.1) is 0 Å². The largest absolute Gasteiger partial charge is 0.0833 e. The lowest BCUT2D eigenvalue weighted by Gasteiger charge is -2.58. The van der Waals surface area contributed by atoms with Crippen molar-refractivity contribution in [3.05, 3.63) is 33.3 Å². The highest BCUT2D eigenvalue weighted by atomic mass is 79.9. The summed E-state index contributed by atoms with van der Waals surface area (Å²) in [5.41, 5.74) is 4.88. The van der Waals surface area contributed by atoms with Gasteiger partial charge in [-0.3, -0.25) is 0 Å². The van der Waals surface area contributed by atoms with Gasteiger partial charge >= 0.3 is 0 Å². The van der Waals surface area contributed by atoms with Gasteiger partial charge in [-0.2, -0.15) is 0 Å². The monoisotopic (exact) mass is 410 g/mol. The van der Waals surface area contributed by atoms with Crippen LogP contribution in [0.4, 0.5) is 0 Å². The van der Waals surface area contributed by atoms with E-state index >= 15 is 0 Å². The zero-order valence-corrected chi connectivity index (χ0v) is 16.1. The number of halogens is 2. The number of rotatable bonds is 2. The second-order valence-electron chi connectivity index (χ2n) is 8.10. The molecule has 0 nitrogen and oxygen atoms in total. The van der Waals surface area contributed by atoms with Crippen LogP contribution < -0.4 is 0 Å². The Hall–Kier alpha value is 0.180. The predicted octanol–water partition coefficient (Wildman–Crippen LogP) is 6.72. The SMILES string of the molecule is Cc1cc(C(Br)C23CC4CC(CC(C4)C2)C3)c(C)cc1Br. The van der Waals surface area contributed by atoms with Crippen molar-refractivity contribution in [2.45, 2.75) is 57.2 Å². The summed E-state index contributed by atoms with van der Waals surface area (Å²) in [6, 6.07) is 4.72. The lowest BCUT2D eigenvalue weighted by molar-refractivity contribution is -0.0529. The van der Waals surface area contributed by atoms with E-state index in [4.69, 9.17) is 0 Å². The fourth-order valence-corrected chi connectivity index (χ4v) is 7.41. The van der Waals surface area contributed by atoms with Crippen LogP contribution in [-0.2, 0) is 0 Å². The summed E-state index contributed by atoms with van der Waals surface area (Å²) in [5, 5.41) is 0. The van der Waals surface area contributed by atoms with Crippen molar-refractivity contribution in [2.75, 3.05) is 0 Å². The van der Waals surface area contributed by atoms with Crippen molar-refractivity contribution in [3.8, 4) is 0 Å². The molecule has 1 aromatic carbocycles. The average Bonchev–Trinajstić information content (AvgIpc) is 2.40. The molecule has 0 aromatic heterocycles. The van der Waals surface area contributed by atoms with Crippen LogP contribution in [0.3, 0.4) is 0 Å². The molecule has 5 rings (SSSR count). The van der Waals surface area contributed by atoms with Crippen LogP contribution in [0.25, 0.3) is 0 Å². The molecule has 4 saturated carbocycles. The highest BCUT2D eigenvalue weighted by molar-refractivity contribution is 9.10. The number of hydrogen-bond donors (Lipinski definition) is 0. The Bertz CT molecular complexity index is 540. The number of hydrogen-bond acceptors (Lipinski definition) is 0. The van der Waals surface area contributed by atoms with Gasteiger partial charge < -0.3 is 0 Å². The first-order valence-corrected chi connectivity index (χ1v) is 10.1. The highest BCUT2D eigenvalue weighted by Crippen LogP contribution is 2.66. The minimum atomic E-state index is 0.541. The molecule has 0 amide bonds. The smallest absolute Gasteiger partial charge is 0.0454 e. The topological polar surface area (TPSA) is 0 Å². The summed E-state index contributed by atoms with van der Waals surface area (Å²) in [7, 11) is 0. The van der Waals surface area contributed by atoms with Crippen molar-refractivity contribution in [2.24, 2.45) is 23.2 Å². The molecular weight excluding hydrogens is 388 g/mol. The molecule has 21 heavy (non-hydrogen) atoms. The Morgan fingerprint density at radius 3 is 2.00 bits per heavy atom. The molecule has 4 bridgehead atoms. The van der Waals surface area contributed by atoms with Crippen molar-refractivity contribution in [1.29, 1.82) is 0 Å². The third-order valence-electron chi connectivity index (χ3n) is 6.44. The fraction of sp³-hybridized carbons (Fsp3) is 0.684. The Labute approximate surface area is 145 Å². The van der Waals surface area contributed by atoms with Gasteiger partial charge in [0, 0.05) is 9.30 Å². The molecule has 4 fully saturated rings. The quantitative estimate of drug-likeness (QED) is 0.473. The molecule has 0 N–H and O–H groups in total. The summed E-state index contributed by atoms with van der Waals surface area (Å²) >= 11 is 7.85. The van der Waals surface area contributed by atoms with Gasteiger partial charge in [0.2, 0.25) is 0 Å². The standard InChI is InChI=1S/C19H24Br2/c1-11-4-17(20)12(2)3-16(11)18(21)19-8-13-5-14(9-19)7-15(6-13)10-19/h3-4,13-15,18H,5-10H2,1-2H3. The molecule has 0 aliphatic heterocycles. The maximum atomic E-state index is 4.17. The summed E-state index contributed by atoms with van der Waals surface area (Å²) in [6.07, 6.45) is 8.96.